The number of hydrogen-bond acceptors (Lipinski definition) is 3. The molecule has 0 aliphatic heterocycles. The first-order valence-corrected chi connectivity index (χ1v) is 6.64. The van der Waals surface area contributed by atoms with Gasteiger partial charge in [-0.2, -0.15) is 0 Å². The van der Waals surface area contributed by atoms with Gasteiger partial charge in [-0.15, -0.1) is 11.3 Å². The Balaban J connectivity index is 1.70. The SMILES string of the molecule is C[C@H](Cn1ccnc1)NC(=O)NCc1cccs1. The van der Waals surface area contributed by atoms with E-state index in [1.54, 1.807) is 23.9 Å². The van der Waals surface area contributed by atoms with Crippen LogP contribution in [0.5, 0.6) is 0 Å². The number of carbonyl (C=O) groups excluding carboxylic acids is 1. The molecule has 2 aromatic heterocycles. The summed E-state index contributed by atoms with van der Waals surface area (Å²) in [5.41, 5.74) is 0. The highest BCUT2D eigenvalue weighted by Gasteiger charge is 2.07. The number of nitrogens with zero attached hydrogens (tertiary/aromatic N) is 2. The maximum Gasteiger partial charge on any atom is 0.315 e. The van der Waals surface area contributed by atoms with Gasteiger partial charge in [0.05, 0.1) is 12.9 Å². The molecule has 2 amide bonds. The summed E-state index contributed by atoms with van der Waals surface area (Å²) < 4.78 is 1.93. The molecule has 2 rings (SSSR count). The molecule has 2 heterocycles. The van der Waals surface area contributed by atoms with Gasteiger partial charge in [-0.1, -0.05) is 6.07 Å². The van der Waals surface area contributed by atoms with E-state index >= 15 is 0 Å². The van der Waals surface area contributed by atoms with Gasteiger partial charge in [0, 0.05) is 29.9 Å². The fraction of sp³-hybridized carbons (Fsp3) is 0.333. The number of thiophene rings is 1. The van der Waals surface area contributed by atoms with Gasteiger partial charge in [-0.05, 0) is 18.4 Å². The van der Waals surface area contributed by atoms with Crippen molar-refractivity contribution < 1.29 is 4.79 Å². The van der Waals surface area contributed by atoms with Gasteiger partial charge >= 0.3 is 6.03 Å². The molecule has 1 atom stereocenters. The maximum absolute atomic E-state index is 11.6. The highest BCUT2D eigenvalue weighted by atomic mass is 32.1. The van der Waals surface area contributed by atoms with Gasteiger partial charge in [0.1, 0.15) is 0 Å². The molecule has 0 spiro atoms. The topological polar surface area (TPSA) is 59.0 Å². The van der Waals surface area contributed by atoms with Crippen LogP contribution < -0.4 is 10.6 Å². The van der Waals surface area contributed by atoms with Crippen molar-refractivity contribution in [2.45, 2.75) is 26.1 Å². The first-order chi connectivity index (χ1) is 8.74. The van der Waals surface area contributed by atoms with E-state index in [-0.39, 0.29) is 12.1 Å². The van der Waals surface area contributed by atoms with E-state index in [0.717, 1.165) is 4.88 Å². The maximum atomic E-state index is 11.6. The van der Waals surface area contributed by atoms with Gasteiger partial charge in [-0.3, -0.25) is 0 Å². The Morgan fingerprint density at radius 1 is 1.61 bits per heavy atom. The molecule has 0 aliphatic carbocycles. The largest absolute Gasteiger partial charge is 0.335 e. The van der Waals surface area contributed by atoms with Crippen LogP contribution >= 0.6 is 11.3 Å². The lowest BCUT2D eigenvalue weighted by molar-refractivity contribution is 0.236. The Bertz CT molecular complexity index is 466. The summed E-state index contributed by atoms with van der Waals surface area (Å²) in [6.45, 7) is 3.25. The van der Waals surface area contributed by atoms with Crippen molar-refractivity contribution in [3.8, 4) is 0 Å². The van der Waals surface area contributed by atoms with Crippen LogP contribution in [0.4, 0.5) is 4.79 Å². The molecule has 18 heavy (non-hydrogen) atoms. The molecular formula is C12H16N4OS. The van der Waals surface area contributed by atoms with Crippen LogP contribution in [-0.4, -0.2) is 21.6 Å². The van der Waals surface area contributed by atoms with Crippen LogP contribution in [0.15, 0.2) is 36.2 Å². The third-order valence-electron chi connectivity index (χ3n) is 2.42. The number of rotatable bonds is 5. The van der Waals surface area contributed by atoms with Crippen molar-refractivity contribution in [2.75, 3.05) is 0 Å². The van der Waals surface area contributed by atoms with Crippen molar-refractivity contribution in [1.29, 1.82) is 0 Å². The fourth-order valence-electron chi connectivity index (χ4n) is 1.61. The molecule has 0 unspecified atom stereocenters. The van der Waals surface area contributed by atoms with Gasteiger partial charge in [0.2, 0.25) is 0 Å². The van der Waals surface area contributed by atoms with E-state index in [9.17, 15) is 4.79 Å². The molecule has 0 aromatic carbocycles. The molecular weight excluding hydrogens is 248 g/mol. The summed E-state index contributed by atoms with van der Waals surface area (Å²) in [7, 11) is 0. The Morgan fingerprint density at radius 3 is 3.17 bits per heavy atom. The standard InChI is InChI=1S/C12H16N4OS/c1-10(8-16-5-4-13-9-16)15-12(17)14-7-11-3-2-6-18-11/h2-6,9-10H,7-8H2,1H3,(H2,14,15,17)/t10-/m1/s1. The lowest BCUT2D eigenvalue weighted by atomic mass is 10.3. The minimum atomic E-state index is -0.143. The molecule has 0 bridgehead atoms. The van der Waals surface area contributed by atoms with E-state index in [1.807, 2.05) is 35.2 Å². The molecule has 0 aliphatic rings. The molecule has 96 valence electrons. The predicted molar refractivity (Wildman–Crippen MR) is 71.4 cm³/mol. The Labute approximate surface area is 110 Å². The van der Waals surface area contributed by atoms with Crippen LogP contribution in [0.1, 0.15) is 11.8 Å². The van der Waals surface area contributed by atoms with Crippen molar-refractivity contribution in [1.82, 2.24) is 20.2 Å². The van der Waals surface area contributed by atoms with Crippen molar-refractivity contribution in [2.24, 2.45) is 0 Å². The Hall–Kier alpha value is -1.82. The molecule has 5 nitrogen and oxygen atoms in total. The number of amides is 2. The number of hydrogen-bond donors (Lipinski definition) is 2. The minimum absolute atomic E-state index is 0.0579. The molecule has 0 fully saturated rings. The summed E-state index contributed by atoms with van der Waals surface area (Å²) in [6, 6.07) is 3.89. The third kappa shape index (κ3) is 3.89. The normalized spacial score (nSPS) is 12.1. The molecule has 6 heteroatoms. The first-order valence-electron chi connectivity index (χ1n) is 5.76. The average molecular weight is 264 g/mol. The quantitative estimate of drug-likeness (QED) is 0.865. The number of imidazole rings is 1. The van der Waals surface area contributed by atoms with Crippen molar-refractivity contribution >= 4 is 17.4 Å². The van der Waals surface area contributed by atoms with Gasteiger partial charge in [0.15, 0.2) is 0 Å². The van der Waals surface area contributed by atoms with E-state index in [0.29, 0.717) is 13.1 Å². The molecule has 2 N–H and O–H groups in total. The van der Waals surface area contributed by atoms with Crippen molar-refractivity contribution in [3.05, 3.63) is 41.1 Å². The highest BCUT2D eigenvalue weighted by Crippen LogP contribution is 2.07. The number of aromatic nitrogens is 2. The third-order valence-corrected chi connectivity index (χ3v) is 3.30. The summed E-state index contributed by atoms with van der Waals surface area (Å²) in [6.07, 6.45) is 5.34. The van der Waals surface area contributed by atoms with Crippen molar-refractivity contribution in [3.63, 3.8) is 0 Å². The summed E-state index contributed by atoms with van der Waals surface area (Å²) in [5.74, 6) is 0. The van der Waals surface area contributed by atoms with E-state index in [2.05, 4.69) is 15.6 Å². The smallest absolute Gasteiger partial charge is 0.315 e. The fourth-order valence-corrected chi connectivity index (χ4v) is 2.26. The number of urea groups is 1. The molecule has 0 saturated heterocycles. The zero-order valence-corrected chi connectivity index (χ0v) is 11.0. The molecule has 0 radical (unpaired) electrons. The highest BCUT2D eigenvalue weighted by molar-refractivity contribution is 7.09. The molecule has 2 aromatic rings. The Kier molecular flexibility index (Phi) is 4.35. The summed E-state index contributed by atoms with van der Waals surface area (Å²) in [5, 5.41) is 7.71. The van der Waals surface area contributed by atoms with E-state index in [4.69, 9.17) is 0 Å². The van der Waals surface area contributed by atoms with Gasteiger partial charge in [-0.25, -0.2) is 9.78 Å². The van der Waals surface area contributed by atoms with Gasteiger partial charge < -0.3 is 15.2 Å². The van der Waals surface area contributed by atoms with E-state index < -0.39 is 0 Å². The Morgan fingerprint density at radius 2 is 2.50 bits per heavy atom. The van der Waals surface area contributed by atoms with Crippen LogP contribution in [0.3, 0.4) is 0 Å². The van der Waals surface area contributed by atoms with Crippen LogP contribution in [0, 0.1) is 0 Å². The average Bonchev–Trinajstić information content (AvgIpc) is 2.98. The second-order valence-electron chi connectivity index (χ2n) is 4.07. The van der Waals surface area contributed by atoms with Crippen LogP contribution in [0.25, 0.3) is 0 Å². The van der Waals surface area contributed by atoms with Gasteiger partial charge in [0.25, 0.3) is 0 Å². The molecule has 0 saturated carbocycles. The van der Waals surface area contributed by atoms with E-state index in [1.165, 1.54) is 0 Å². The van der Waals surface area contributed by atoms with Crippen LogP contribution in [0.2, 0.25) is 0 Å². The lowest BCUT2D eigenvalue weighted by Crippen LogP contribution is -2.42. The zero-order chi connectivity index (χ0) is 12.8. The lowest BCUT2D eigenvalue weighted by Gasteiger charge is -2.14. The summed E-state index contributed by atoms with van der Waals surface area (Å²) in [4.78, 5) is 16.7. The predicted octanol–water partition coefficient (Wildman–Crippen LogP) is 1.83. The summed E-state index contributed by atoms with van der Waals surface area (Å²) >= 11 is 1.63. The minimum Gasteiger partial charge on any atom is -0.335 e. The zero-order valence-electron chi connectivity index (χ0n) is 10.2. The second kappa shape index (κ2) is 6.20. The van der Waals surface area contributed by atoms with Crippen LogP contribution in [-0.2, 0) is 13.1 Å². The first kappa shape index (κ1) is 12.6. The monoisotopic (exact) mass is 264 g/mol. The second-order valence-corrected chi connectivity index (χ2v) is 5.10. The number of carbonyl (C=O) groups is 1. The number of nitrogens with one attached hydrogen (secondary N) is 2.